The van der Waals surface area contributed by atoms with Gasteiger partial charge < -0.3 is 9.84 Å². The predicted octanol–water partition coefficient (Wildman–Crippen LogP) is 4.53. The molecule has 4 rings (SSSR count). The van der Waals surface area contributed by atoms with E-state index in [9.17, 15) is 9.90 Å². The lowest BCUT2D eigenvalue weighted by atomic mass is 9.55. The molecular weight excluding hydrogens is 374 g/mol. The maximum atomic E-state index is 12.9. The van der Waals surface area contributed by atoms with E-state index in [1.165, 1.54) is 18.4 Å². The number of aliphatic hydroxyl groups is 1. The highest BCUT2D eigenvalue weighted by Gasteiger charge is 2.55. The van der Waals surface area contributed by atoms with Crippen LogP contribution in [0.25, 0.3) is 0 Å². The molecule has 2 aliphatic carbocycles. The number of esters is 1. The summed E-state index contributed by atoms with van der Waals surface area (Å²) in [7, 11) is 0. The first-order valence-electron chi connectivity index (χ1n) is 11.6. The summed E-state index contributed by atoms with van der Waals surface area (Å²) in [5, 5.41) is 11.1. The van der Waals surface area contributed by atoms with Gasteiger partial charge in [-0.05, 0) is 62.5 Å². The van der Waals surface area contributed by atoms with Gasteiger partial charge in [0.2, 0.25) is 0 Å². The van der Waals surface area contributed by atoms with Gasteiger partial charge in [0.15, 0.2) is 0 Å². The van der Waals surface area contributed by atoms with Crippen LogP contribution < -0.4 is 0 Å². The van der Waals surface area contributed by atoms with Crippen LogP contribution in [0, 0.1) is 23.2 Å². The van der Waals surface area contributed by atoms with Gasteiger partial charge in [-0.1, -0.05) is 56.3 Å². The maximum Gasteiger partial charge on any atom is 0.310 e. The van der Waals surface area contributed by atoms with Crippen molar-refractivity contribution in [3.05, 3.63) is 48.0 Å². The largest absolute Gasteiger partial charge is 0.462 e. The van der Waals surface area contributed by atoms with Crippen LogP contribution in [0.4, 0.5) is 0 Å². The minimum Gasteiger partial charge on any atom is -0.462 e. The molecule has 0 bridgehead atoms. The van der Waals surface area contributed by atoms with Crippen LogP contribution in [0.1, 0.15) is 58.4 Å². The molecule has 0 amide bonds. The van der Waals surface area contributed by atoms with E-state index >= 15 is 0 Å². The molecule has 164 valence electrons. The average Bonchev–Trinajstić information content (AvgIpc) is 3.00. The van der Waals surface area contributed by atoms with Crippen LogP contribution in [0.2, 0.25) is 0 Å². The molecule has 4 heteroatoms. The van der Waals surface area contributed by atoms with Crippen molar-refractivity contribution in [2.75, 3.05) is 19.6 Å². The predicted molar refractivity (Wildman–Crippen MR) is 119 cm³/mol. The number of fused-ring (bicyclic) bond motifs is 2. The summed E-state index contributed by atoms with van der Waals surface area (Å²) in [6.07, 6.45) is 5.57. The third kappa shape index (κ3) is 3.97. The number of rotatable bonds is 6. The Hall–Kier alpha value is -1.65. The molecule has 2 saturated carbocycles. The fraction of sp³-hybridized carbons (Fsp3) is 0.654. The Kier molecular flexibility index (Phi) is 5.84. The van der Waals surface area contributed by atoms with Gasteiger partial charge in [0, 0.05) is 19.0 Å². The summed E-state index contributed by atoms with van der Waals surface area (Å²) in [6, 6.07) is 9.79. The fourth-order valence-electron chi connectivity index (χ4n) is 6.37. The standard InChI is InChI=1S/C26H37NO3/c1-5-27(17-26(4,29)19-11-7-6-8-12-19)16-21-20-14-22-18(2)10-9-13-25(22,3)15-23(20)30-24(21)28/h6-8,11-12,20-23,29H,2,5,9-10,13-17H2,1,3-4H3/t20-,21-,22+,23-,25-,26+/m1/s1. The van der Waals surface area contributed by atoms with E-state index in [0.717, 1.165) is 31.4 Å². The highest BCUT2D eigenvalue weighted by Crippen LogP contribution is 2.56. The number of allylic oxidation sites excluding steroid dienone is 1. The van der Waals surface area contributed by atoms with E-state index < -0.39 is 5.60 Å². The first-order chi connectivity index (χ1) is 14.2. The highest BCUT2D eigenvalue weighted by molar-refractivity contribution is 5.75. The summed E-state index contributed by atoms with van der Waals surface area (Å²) in [4.78, 5) is 15.1. The quantitative estimate of drug-likeness (QED) is 0.552. The van der Waals surface area contributed by atoms with Gasteiger partial charge in [0.1, 0.15) is 6.10 Å². The Balaban J connectivity index is 1.48. The topological polar surface area (TPSA) is 49.8 Å². The molecule has 4 nitrogen and oxygen atoms in total. The molecule has 0 radical (unpaired) electrons. The minimum atomic E-state index is -0.956. The van der Waals surface area contributed by atoms with Crippen LogP contribution in [0.15, 0.2) is 42.5 Å². The fourth-order valence-corrected chi connectivity index (χ4v) is 6.37. The zero-order valence-electron chi connectivity index (χ0n) is 18.8. The van der Waals surface area contributed by atoms with Crippen LogP contribution in [-0.2, 0) is 15.1 Å². The Labute approximate surface area is 181 Å². The van der Waals surface area contributed by atoms with E-state index in [-0.39, 0.29) is 29.3 Å². The number of ether oxygens (including phenoxy) is 1. The zero-order chi connectivity index (χ0) is 21.5. The lowest BCUT2D eigenvalue weighted by Gasteiger charge is -2.50. The Morgan fingerprint density at radius 1 is 1.33 bits per heavy atom. The molecular formula is C26H37NO3. The number of nitrogens with zero attached hydrogens (tertiary/aromatic N) is 1. The minimum absolute atomic E-state index is 0.0444. The molecule has 1 saturated heterocycles. The molecule has 0 spiro atoms. The molecule has 1 aliphatic heterocycles. The van der Waals surface area contributed by atoms with E-state index in [4.69, 9.17) is 4.74 Å². The molecule has 6 atom stereocenters. The van der Waals surface area contributed by atoms with E-state index in [1.54, 1.807) is 0 Å². The number of carbonyl (C=O) groups excluding carboxylic acids is 1. The Morgan fingerprint density at radius 3 is 2.77 bits per heavy atom. The number of hydrogen-bond donors (Lipinski definition) is 1. The number of benzene rings is 1. The molecule has 3 aliphatic rings. The first kappa shape index (κ1) is 21.6. The smallest absolute Gasteiger partial charge is 0.310 e. The molecule has 1 heterocycles. The molecule has 0 unspecified atom stereocenters. The van der Waals surface area contributed by atoms with Crippen molar-refractivity contribution in [1.29, 1.82) is 0 Å². The number of carbonyl (C=O) groups is 1. The number of hydrogen-bond acceptors (Lipinski definition) is 4. The normalized spacial score (nSPS) is 35.5. The van der Waals surface area contributed by atoms with Crippen LogP contribution in [0.5, 0.6) is 0 Å². The Bertz CT molecular complexity index is 789. The summed E-state index contributed by atoms with van der Waals surface area (Å²) in [5.74, 6) is 0.615. The van der Waals surface area contributed by atoms with Gasteiger partial charge >= 0.3 is 5.97 Å². The maximum absolute atomic E-state index is 12.9. The molecule has 3 fully saturated rings. The van der Waals surface area contributed by atoms with Gasteiger partial charge in [-0.3, -0.25) is 9.69 Å². The number of likely N-dealkylation sites (N-methyl/N-ethyl adjacent to an activating group) is 1. The van der Waals surface area contributed by atoms with Gasteiger partial charge in [-0.15, -0.1) is 0 Å². The lowest BCUT2D eigenvalue weighted by Crippen LogP contribution is -2.47. The van der Waals surface area contributed by atoms with Gasteiger partial charge in [-0.25, -0.2) is 0 Å². The monoisotopic (exact) mass is 411 g/mol. The van der Waals surface area contributed by atoms with Crippen molar-refractivity contribution >= 4 is 5.97 Å². The first-order valence-corrected chi connectivity index (χ1v) is 11.6. The van der Waals surface area contributed by atoms with Crippen molar-refractivity contribution in [2.24, 2.45) is 23.2 Å². The van der Waals surface area contributed by atoms with E-state index in [0.29, 0.717) is 19.0 Å². The summed E-state index contributed by atoms with van der Waals surface area (Å²) >= 11 is 0. The van der Waals surface area contributed by atoms with Gasteiger partial charge in [0.25, 0.3) is 0 Å². The van der Waals surface area contributed by atoms with E-state index in [2.05, 4.69) is 25.3 Å². The zero-order valence-corrected chi connectivity index (χ0v) is 18.8. The Morgan fingerprint density at radius 2 is 2.07 bits per heavy atom. The molecule has 1 aromatic carbocycles. The third-order valence-electron chi connectivity index (χ3n) is 8.15. The van der Waals surface area contributed by atoms with Gasteiger partial charge in [-0.2, -0.15) is 0 Å². The second kappa shape index (κ2) is 8.12. The molecule has 1 N–H and O–H groups in total. The van der Waals surface area contributed by atoms with Crippen LogP contribution in [0.3, 0.4) is 0 Å². The molecule has 30 heavy (non-hydrogen) atoms. The van der Waals surface area contributed by atoms with Crippen molar-refractivity contribution in [2.45, 2.75) is 64.6 Å². The second-order valence-electron chi connectivity index (χ2n) is 10.4. The second-order valence-corrected chi connectivity index (χ2v) is 10.4. The van der Waals surface area contributed by atoms with Crippen molar-refractivity contribution in [3.63, 3.8) is 0 Å². The third-order valence-corrected chi connectivity index (χ3v) is 8.15. The summed E-state index contributed by atoms with van der Waals surface area (Å²) < 4.78 is 5.93. The van der Waals surface area contributed by atoms with Crippen LogP contribution >= 0.6 is 0 Å². The average molecular weight is 412 g/mol. The summed E-state index contributed by atoms with van der Waals surface area (Å²) in [5.41, 5.74) is 1.55. The van der Waals surface area contributed by atoms with E-state index in [1.807, 2.05) is 37.3 Å². The molecule has 1 aromatic rings. The molecule has 0 aromatic heterocycles. The SMILES string of the molecule is C=C1CCC[C@]2(C)C[C@H]3OC(=O)[C@H](CN(CC)C[C@](C)(O)c4ccccc4)[C@H]3C[C@@H]12. The lowest BCUT2D eigenvalue weighted by molar-refractivity contribution is -0.146. The van der Waals surface area contributed by atoms with Crippen LogP contribution in [-0.4, -0.2) is 41.7 Å². The summed E-state index contributed by atoms with van der Waals surface area (Å²) in [6.45, 7) is 12.7. The highest BCUT2D eigenvalue weighted by atomic mass is 16.6. The van der Waals surface area contributed by atoms with Crippen molar-refractivity contribution < 1.29 is 14.6 Å². The van der Waals surface area contributed by atoms with Crippen molar-refractivity contribution in [1.82, 2.24) is 4.90 Å². The van der Waals surface area contributed by atoms with Gasteiger partial charge in [0.05, 0.1) is 11.5 Å². The van der Waals surface area contributed by atoms with Crippen molar-refractivity contribution in [3.8, 4) is 0 Å².